The van der Waals surface area contributed by atoms with Gasteiger partial charge in [0.05, 0.1) is 0 Å². The van der Waals surface area contributed by atoms with E-state index in [9.17, 15) is 0 Å². The molecule has 0 aromatic rings. The molecule has 0 aromatic carbocycles. The number of hydrogen-bond acceptors (Lipinski definition) is 8. The molecule has 0 radical (unpaired) electrons. The van der Waals surface area contributed by atoms with Gasteiger partial charge in [-0.25, -0.2) is 0 Å². The third-order valence-corrected chi connectivity index (χ3v) is 13.9. The van der Waals surface area contributed by atoms with Gasteiger partial charge in [-0.05, 0) is 0 Å². The molecule has 0 aliphatic heterocycles. The molecule has 0 heterocycles. The van der Waals surface area contributed by atoms with Crippen LogP contribution in [0.5, 0.6) is 0 Å². The Balaban J connectivity index is -0.000000720. The first-order chi connectivity index (χ1) is 6.24. The summed E-state index contributed by atoms with van der Waals surface area (Å²) >= 11 is 0. The van der Waals surface area contributed by atoms with Crippen molar-refractivity contribution in [3.63, 3.8) is 0 Å². The first-order valence-corrected chi connectivity index (χ1v) is 10.1. The molecule has 15 heavy (non-hydrogen) atoms. The Morgan fingerprint density at radius 3 is 0.933 bits per heavy atom. The van der Waals surface area contributed by atoms with Gasteiger partial charge in [-0.3, -0.25) is 0 Å². The molecule has 0 atom stereocenters. The van der Waals surface area contributed by atoms with Crippen molar-refractivity contribution in [1.82, 2.24) is 12.3 Å². The maximum Gasteiger partial charge on any atom is -0.369 e. The Kier molecular flexibility index (Phi) is 16.0. The SMILES string of the molecule is N#C[S][Co-2]([S]C#N)([S]C#N)[S]C#N.[NH4+].[NH4+]. The van der Waals surface area contributed by atoms with Crippen molar-refractivity contribution in [2.45, 2.75) is 0 Å². The third-order valence-electron chi connectivity index (χ3n) is 0.455. The van der Waals surface area contributed by atoms with E-state index in [1.54, 1.807) is 0 Å². The molecular formula is C4H8CoN6S4. The maximum absolute atomic E-state index is 8.45. The average molecular weight is 327 g/mol. The predicted molar refractivity (Wildman–Crippen MR) is 64.8 cm³/mol. The van der Waals surface area contributed by atoms with Crippen LogP contribution in [-0.4, -0.2) is 0 Å². The molecule has 0 saturated carbocycles. The fraction of sp³-hybridized carbons (Fsp3) is 0. The van der Waals surface area contributed by atoms with Crippen LogP contribution in [0.15, 0.2) is 0 Å². The van der Waals surface area contributed by atoms with Gasteiger partial charge in [0.2, 0.25) is 0 Å². The van der Waals surface area contributed by atoms with E-state index in [0.717, 1.165) is 40.9 Å². The second-order valence-electron chi connectivity index (χ2n) is 0.971. The monoisotopic (exact) mass is 327 g/mol. The summed E-state index contributed by atoms with van der Waals surface area (Å²) in [7, 11) is 1.08. The van der Waals surface area contributed by atoms with Crippen LogP contribution in [0.4, 0.5) is 0 Å². The van der Waals surface area contributed by atoms with Gasteiger partial charge >= 0.3 is 91.8 Å². The number of rotatable bonds is 4. The summed E-state index contributed by atoms with van der Waals surface area (Å²) < 4.78 is 0. The second kappa shape index (κ2) is 11.9. The van der Waals surface area contributed by atoms with E-state index in [0.29, 0.717) is 0 Å². The van der Waals surface area contributed by atoms with Crippen molar-refractivity contribution >= 4 is 40.9 Å². The van der Waals surface area contributed by atoms with Crippen molar-refractivity contribution in [2.24, 2.45) is 0 Å². The minimum Gasteiger partial charge on any atom is -0.369 e. The van der Waals surface area contributed by atoms with E-state index in [-0.39, 0.29) is 12.3 Å². The van der Waals surface area contributed by atoms with Crippen molar-refractivity contribution in [3.8, 4) is 21.6 Å². The summed E-state index contributed by atoms with van der Waals surface area (Å²) in [5.41, 5.74) is 0. The molecule has 87 valence electrons. The fourth-order valence-electron chi connectivity index (χ4n) is 0.232. The van der Waals surface area contributed by atoms with Gasteiger partial charge in [0.25, 0.3) is 0 Å². The summed E-state index contributed by atoms with van der Waals surface area (Å²) in [4.78, 5) is 0. The van der Waals surface area contributed by atoms with Gasteiger partial charge in [-0.2, -0.15) is 0 Å². The first-order valence-electron chi connectivity index (χ1n) is 2.26. The summed E-state index contributed by atoms with van der Waals surface area (Å²) in [6.45, 7) is 0. The normalized spacial score (nSPS) is 8.80. The quantitative estimate of drug-likeness (QED) is 0.740. The number of quaternary nitrogens is 2. The fourth-order valence-corrected chi connectivity index (χ4v) is 8.62. The summed E-state index contributed by atoms with van der Waals surface area (Å²) in [5, 5.41) is 41.1. The summed E-state index contributed by atoms with van der Waals surface area (Å²) in [5.74, 6) is 0. The molecule has 0 spiro atoms. The van der Waals surface area contributed by atoms with Crippen LogP contribution in [0.2, 0.25) is 0 Å². The maximum atomic E-state index is 8.45. The van der Waals surface area contributed by atoms with Crippen molar-refractivity contribution in [1.29, 1.82) is 21.0 Å². The van der Waals surface area contributed by atoms with E-state index < -0.39 is 8.18 Å². The predicted octanol–water partition coefficient (Wildman–Crippen LogP) is 3.41. The standard InChI is InChI=1S/4CHNS.Co.2H3N/c4*2-1-3;;;/h4*3H;;2*1H3/q;;;;+2;;/p-2. The van der Waals surface area contributed by atoms with Crippen LogP contribution in [0.3, 0.4) is 0 Å². The number of nitriles is 4. The minimum absolute atomic E-state index is 0. The zero-order chi connectivity index (χ0) is 10.2. The van der Waals surface area contributed by atoms with Crippen molar-refractivity contribution in [2.75, 3.05) is 0 Å². The van der Waals surface area contributed by atoms with Gasteiger partial charge in [-0.1, -0.05) is 0 Å². The molecule has 11 heteroatoms. The zero-order valence-corrected chi connectivity index (χ0v) is 12.1. The van der Waals surface area contributed by atoms with Crippen LogP contribution in [0.25, 0.3) is 0 Å². The van der Waals surface area contributed by atoms with Crippen LogP contribution < -0.4 is 12.3 Å². The summed E-state index contributed by atoms with van der Waals surface area (Å²) in [6, 6.07) is 0. The smallest absolute Gasteiger partial charge is 0.369 e. The van der Waals surface area contributed by atoms with E-state index in [4.69, 9.17) is 21.0 Å². The topological polar surface area (TPSA) is 168 Å². The Morgan fingerprint density at radius 1 is 0.600 bits per heavy atom. The van der Waals surface area contributed by atoms with Gasteiger partial charge in [-0.15, -0.1) is 0 Å². The van der Waals surface area contributed by atoms with Crippen LogP contribution >= 0.6 is 40.9 Å². The first kappa shape index (κ1) is 20.2. The van der Waals surface area contributed by atoms with Crippen LogP contribution in [0, 0.1) is 42.7 Å². The zero-order valence-electron chi connectivity index (χ0n) is 7.76. The molecule has 0 rings (SSSR count). The van der Waals surface area contributed by atoms with Crippen molar-refractivity contribution in [3.05, 3.63) is 0 Å². The number of thiocyanates is 4. The van der Waals surface area contributed by atoms with Crippen LogP contribution in [-0.2, 0) is 8.18 Å². The molecular weight excluding hydrogens is 319 g/mol. The molecule has 0 saturated heterocycles. The Hall–Kier alpha value is -0.214. The van der Waals surface area contributed by atoms with Crippen LogP contribution in [0.1, 0.15) is 0 Å². The van der Waals surface area contributed by atoms with Crippen molar-refractivity contribution < 1.29 is 8.18 Å². The van der Waals surface area contributed by atoms with E-state index >= 15 is 0 Å². The average Bonchev–Trinajstić information content (AvgIpc) is 2.06. The Bertz CT molecular complexity index is 263. The van der Waals surface area contributed by atoms with E-state index in [2.05, 4.69) is 0 Å². The Labute approximate surface area is 103 Å². The third kappa shape index (κ3) is 7.69. The Morgan fingerprint density at radius 2 is 0.800 bits per heavy atom. The number of nitrogens with zero attached hydrogens (tertiary/aromatic N) is 4. The summed E-state index contributed by atoms with van der Waals surface area (Å²) in [6.07, 6.45) is 0. The van der Waals surface area contributed by atoms with Gasteiger partial charge < -0.3 is 12.3 Å². The van der Waals surface area contributed by atoms with E-state index in [1.165, 1.54) is 0 Å². The molecule has 0 aromatic heterocycles. The molecule has 6 nitrogen and oxygen atoms in total. The molecule has 0 fully saturated rings. The molecule has 0 aliphatic carbocycles. The largest absolute Gasteiger partial charge is 0.369 e. The minimum atomic E-state index is -2.26. The molecule has 0 aliphatic rings. The molecule has 0 bridgehead atoms. The molecule has 8 N–H and O–H groups in total. The second-order valence-corrected chi connectivity index (χ2v) is 16.8. The van der Waals surface area contributed by atoms with Gasteiger partial charge in [0.15, 0.2) is 0 Å². The van der Waals surface area contributed by atoms with E-state index in [1.807, 2.05) is 21.6 Å². The molecule has 0 amide bonds. The number of hydrogen-bond donors (Lipinski definition) is 2. The van der Waals surface area contributed by atoms with Gasteiger partial charge in [0.1, 0.15) is 0 Å². The molecule has 0 unspecified atom stereocenters. The van der Waals surface area contributed by atoms with Gasteiger partial charge in [0, 0.05) is 0 Å².